The molecule has 0 spiro atoms. The van der Waals surface area contributed by atoms with Gasteiger partial charge in [0.1, 0.15) is 11.6 Å². The fourth-order valence-corrected chi connectivity index (χ4v) is 1.63. The second kappa shape index (κ2) is 5.52. The molecule has 0 saturated heterocycles. The highest BCUT2D eigenvalue weighted by atomic mass is 19.4. The number of hydrogen-bond acceptors (Lipinski definition) is 5. The predicted molar refractivity (Wildman–Crippen MR) is 69.3 cm³/mol. The molecule has 4 N–H and O–H groups in total. The van der Waals surface area contributed by atoms with Crippen LogP contribution in [-0.4, -0.2) is 9.97 Å². The van der Waals surface area contributed by atoms with E-state index in [1.807, 2.05) is 0 Å². The number of rotatable bonds is 3. The summed E-state index contributed by atoms with van der Waals surface area (Å²) in [4.78, 5) is 7.79. The van der Waals surface area contributed by atoms with E-state index in [-0.39, 0.29) is 17.5 Å². The van der Waals surface area contributed by atoms with Crippen molar-refractivity contribution < 1.29 is 17.6 Å². The summed E-state index contributed by atoms with van der Waals surface area (Å²) in [6, 6.07) is 3.52. The number of hydrogen-bond donors (Lipinski definition) is 3. The van der Waals surface area contributed by atoms with Gasteiger partial charge < -0.3 is 5.32 Å². The van der Waals surface area contributed by atoms with Gasteiger partial charge in [-0.2, -0.15) is 18.2 Å². The molecule has 0 radical (unpaired) electrons. The number of nitrogens with zero attached hydrogens (tertiary/aromatic N) is 2. The van der Waals surface area contributed by atoms with Crippen molar-refractivity contribution in [2.24, 2.45) is 5.84 Å². The molecule has 21 heavy (non-hydrogen) atoms. The van der Waals surface area contributed by atoms with Crippen molar-refractivity contribution in [3.05, 3.63) is 41.3 Å². The summed E-state index contributed by atoms with van der Waals surface area (Å²) in [5, 5.41) is 2.48. The van der Waals surface area contributed by atoms with Crippen LogP contribution in [0, 0.1) is 12.7 Å². The Balaban J connectivity index is 2.37. The van der Waals surface area contributed by atoms with Gasteiger partial charge in [-0.1, -0.05) is 0 Å². The SMILES string of the molecule is Cc1cc(Nc2cc(C(F)(F)F)ccc2F)nc(NN)n1. The first-order valence-electron chi connectivity index (χ1n) is 5.75. The maximum Gasteiger partial charge on any atom is 0.416 e. The number of nitrogens with one attached hydrogen (secondary N) is 2. The zero-order chi connectivity index (χ0) is 15.6. The number of alkyl halides is 3. The summed E-state index contributed by atoms with van der Waals surface area (Å²) < 4.78 is 51.5. The molecular formula is C12H11F4N5. The molecule has 112 valence electrons. The second-order valence-electron chi connectivity index (χ2n) is 4.18. The Kier molecular flexibility index (Phi) is 3.94. The fourth-order valence-electron chi connectivity index (χ4n) is 1.63. The molecule has 1 heterocycles. The second-order valence-corrected chi connectivity index (χ2v) is 4.18. The number of nitrogen functional groups attached to an aromatic ring is 1. The topological polar surface area (TPSA) is 75.9 Å². The van der Waals surface area contributed by atoms with Gasteiger partial charge in [0.15, 0.2) is 0 Å². The molecule has 0 atom stereocenters. The summed E-state index contributed by atoms with van der Waals surface area (Å²) in [5.74, 6) is 4.51. The zero-order valence-electron chi connectivity index (χ0n) is 10.8. The first kappa shape index (κ1) is 15.0. The van der Waals surface area contributed by atoms with Crippen molar-refractivity contribution in [2.75, 3.05) is 10.7 Å². The van der Waals surface area contributed by atoms with Crippen LogP contribution in [0.5, 0.6) is 0 Å². The van der Waals surface area contributed by atoms with Gasteiger partial charge in [-0.15, -0.1) is 0 Å². The van der Waals surface area contributed by atoms with Crippen molar-refractivity contribution in [1.29, 1.82) is 0 Å². The van der Waals surface area contributed by atoms with Gasteiger partial charge in [-0.25, -0.2) is 15.2 Å². The number of benzene rings is 1. The van der Waals surface area contributed by atoms with E-state index in [0.29, 0.717) is 17.8 Å². The number of anilines is 3. The lowest BCUT2D eigenvalue weighted by Crippen LogP contribution is -2.12. The minimum atomic E-state index is -4.56. The number of aromatic nitrogens is 2. The Morgan fingerprint density at radius 3 is 2.48 bits per heavy atom. The van der Waals surface area contributed by atoms with Gasteiger partial charge in [-0.3, -0.25) is 5.43 Å². The molecule has 0 aliphatic rings. The minimum Gasteiger partial charge on any atom is -0.338 e. The van der Waals surface area contributed by atoms with E-state index in [2.05, 4.69) is 20.7 Å². The Morgan fingerprint density at radius 2 is 1.86 bits per heavy atom. The standard InChI is InChI=1S/C12H11F4N5/c1-6-4-10(20-11(18-6)21-17)19-9-5-7(12(14,15)16)2-3-8(9)13/h2-5H,17H2,1H3,(H2,18,19,20,21). The molecule has 0 aliphatic heterocycles. The van der Waals surface area contributed by atoms with Gasteiger partial charge in [-0.05, 0) is 25.1 Å². The van der Waals surface area contributed by atoms with Crippen molar-refractivity contribution >= 4 is 17.5 Å². The van der Waals surface area contributed by atoms with Gasteiger partial charge >= 0.3 is 6.18 Å². The van der Waals surface area contributed by atoms with E-state index in [4.69, 9.17) is 5.84 Å². The largest absolute Gasteiger partial charge is 0.416 e. The third kappa shape index (κ3) is 3.57. The first-order valence-corrected chi connectivity index (χ1v) is 5.75. The summed E-state index contributed by atoms with van der Waals surface area (Å²) in [6.07, 6.45) is -4.56. The Morgan fingerprint density at radius 1 is 1.14 bits per heavy atom. The van der Waals surface area contributed by atoms with Gasteiger partial charge in [0.2, 0.25) is 5.95 Å². The summed E-state index contributed by atoms with van der Waals surface area (Å²) >= 11 is 0. The molecule has 0 bridgehead atoms. The van der Waals surface area contributed by atoms with Gasteiger partial charge in [0.25, 0.3) is 0 Å². The van der Waals surface area contributed by atoms with Crippen LogP contribution in [0.15, 0.2) is 24.3 Å². The highest BCUT2D eigenvalue weighted by molar-refractivity contribution is 5.59. The maximum atomic E-state index is 13.6. The lowest BCUT2D eigenvalue weighted by Gasteiger charge is -2.12. The van der Waals surface area contributed by atoms with E-state index in [0.717, 1.165) is 6.07 Å². The minimum absolute atomic E-state index is 0.0601. The summed E-state index contributed by atoms with van der Waals surface area (Å²) in [5.41, 5.74) is 1.41. The Bertz CT molecular complexity index is 657. The Hall–Kier alpha value is -2.42. The maximum absolute atomic E-state index is 13.6. The van der Waals surface area contributed by atoms with E-state index < -0.39 is 17.6 Å². The lowest BCUT2D eigenvalue weighted by molar-refractivity contribution is -0.137. The fraction of sp³-hybridized carbons (Fsp3) is 0.167. The number of hydrazine groups is 1. The van der Waals surface area contributed by atoms with Crippen LogP contribution >= 0.6 is 0 Å². The van der Waals surface area contributed by atoms with Crippen LogP contribution in [0.1, 0.15) is 11.3 Å². The molecular weight excluding hydrogens is 290 g/mol. The molecule has 0 aliphatic carbocycles. The van der Waals surface area contributed by atoms with Crippen LogP contribution in [-0.2, 0) is 6.18 Å². The molecule has 5 nitrogen and oxygen atoms in total. The van der Waals surface area contributed by atoms with Gasteiger partial charge in [0, 0.05) is 11.8 Å². The van der Waals surface area contributed by atoms with Crippen molar-refractivity contribution in [3.8, 4) is 0 Å². The number of aryl methyl sites for hydroxylation is 1. The summed E-state index contributed by atoms with van der Waals surface area (Å²) in [7, 11) is 0. The monoisotopic (exact) mass is 301 g/mol. The molecule has 0 amide bonds. The Labute approximate surface area is 117 Å². The van der Waals surface area contributed by atoms with E-state index in [1.165, 1.54) is 6.07 Å². The third-order valence-corrected chi connectivity index (χ3v) is 2.54. The average molecular weight is 301 g/mol. The lowest BCUT2D eigenvalue weighted by atomic mass is 10.2. The van der Waals surface area contributed by atoms with E-state index in [1.54, 1.807) is 6.92 Å². The summed E-state index contributed by atoms with van der Waals surface area (Å²) in [6.45, 7) is 1.64. The molecule has 9 heteroatoms. The molecule has 2 rings (SSSR count). The first-order chi connectivity index (χ1) is 9.79. The molecule has 1 aromatic carbocycles. The van der Waals surface area contributed by atoms with E-state index >= 15 is 0 Å². The van der Waals surface area contributed by atoms with Crippen LogP contribution in [0.25, 0.3) is 0 Å². The van der Waals surface area contributed by atoms with Crippen molar-refractivity contribution in [3.63, 3.8) is 0 Å². The van der Waals surface area contributed by atoms with Crippen molar-refractivity contribution in [1.82, 2.24) is 9.97 Å². The highest BCUT2D eigenvalue weighted by Crippen LogP contribution is 2.32. The quantitative estimate of drug-likeness (QED) is 0.461. The average Bonchev–Trinajstić information content (AvgIpc) is 2.39. The smallest absolute Gasteiger partial charge is 0.338 e. The van der Waals surface area contributed by atoms with Crippen LogP contribution in [0.3, 0.4) is 0 Å². The van der Waals surface area contributed by atoms with Crippen molar-refractivity contribution in [2.45, 2.75) is 13.1 Å². The molecule has 2 aromatic rings. The molecule has 0 fully saturated rings. The zero-order valence-corrected chi connectivity index (χ0v) is 10.8. The van der Waals surface area contributed by atoms with Crippen LogP contribution in [0.4, 0.5) is 35.0 Å². The third-order valence-electron chi connectivity index (χ3n) is 2.54. The van der Waals surface area contributed by atoms with Crippen LogP contribution in [0.2, 0.25) is 0 Å². The molecule has 1 aromatic heterocycles. The number of halogens is 4. The highest BCUT2D eigenvalue weighted by Gasteiger charge is 2.31. The molecule has 0 saturated carbocycles. The van der Waals surface area contributed by atoms with E-state index in [9.17, 15) is 17.6 Å². The predicted octanol–water partition coefficient (Wildman–Crippen LogP) is 2.97. The molecule has 0 unspecified atom stereocenters. The van der Waals surface area contributed by atoms with Crippen LogP contribution < -0.4 is 16.6 Å². The number of nitrogens with two attached hydrogens (primary N) is 1. The normalized spacial score (nSPS) is 11.3. The van der Waals surface area contributed by atoms with Gasteiger partial charge in [0.05, 0.1) is 11.3 Å².